The van der Waals surface area contributed by atoms with E-state index in [1.54, 1.807) is 0 Å². The Balaban J connectivity index is 2.36. The molecule has 1 aliphatic heterocycles. The SMILES string of the molecule is O=c1[nH]c2ccccc2c2c1CC(O)CO2. The number of nitrogens with one attached hydrogen (secondary N) is 1. The molecule has 1 unspecified atom stereocenters. The Bertz CT molecular complexity index is 603. The summed E-state index contributed by atoms with van der Waals surface area (Å²) in [5, 5.41) is 10.4. The molecule has 3 rings (SSSR count). The first-order valence-electron chi connectivity index (χ1n) is 5.20. The Hall–Kier alpha value is -1.81. The van der Waals surface area contributed by atoms with E-state index >= 15 is 0 Å². The van der Waals surface area contributed by atoms with Crippen molar-refractivity contribution in [1.82, 2.24) is 4.98 Å². The van der Waals surface area contributed by atoms with Crippen LogP contribution in [0.25, 0.3) is 10.9 Å². The second-order valence-corrected chi connectivity index (χ2v) is 3.98. The largest absolute Gasteiger partial charge is 0.490 e. The molecule has 0 saturated heterocycles. The van der Waals surface area contributed by atoms with Gasteiger partial charge in [-0.3, -0.25) is 4.79 Å². The fourth-order valence-corrected chi connectivity index (χ4v) is 2.08. The van der Waals surface area contributed by atoms with Crippen LogP contribution in [0.3, 0.4) is 0 Å². The van der Waals surface area contributed by atoms with E-state index in [4.69, 9.17) is 4.74 Å². The Kier molecular flexibility index (Phi) is 1.97. The molecule has 1 atom stereocenters. The molecule has 0 bridgehead atoms. The first kappa shape index (κ1) is 9.42. The minimum atomic E-state index is -0.588. The summed E-state index contributed by atoms with van der Waals surface area (Å²) in [6, 6.07) is 7.50. The molecule has 0 radical (unpaired) electrons. The van der Waals surface area contributed by atoms with Crippen LogP contribution in [0, 0.1) is 0 Å². The minimum absolute atomic E-state index is 0.174. The van der Waals surface area contributed by atoms with Gasteiger partial charge in [-0.25, -0.2) is 0 Å². The van der Waals surface area contributed by atoms with Gasteiger partial charge in [0.05, 0.1) is 17.2 Å². The Morgan fingerprint density at radius 3 is 3.06 bits per heavy atom. The molecule has 4 heteroatoms. The van der Waals surface area contributed by atoms with Crippen molar-refractivity contribution >= 4 is 10.9 Å². The van der Waals surface area contributed by atoms with Crippen molar-refractivity contribution in [2.75, 3.05) is 6.61 Å². The highest BCUT2D eigenvalue weighted by Gasteiger charge is 2.22. The fourth-order valence-electron chi connectivity index (χ4n) is 2.08. The van der Waals surface area contributed by atoms with Gasteiger partial charge in [0, 0.05) is 11.8 Å². The zero-order valence-electron chi connectivity index (χ0n) is 8.56. The lowest BCUT2D eigenvalue weighted by atomic mass is 10.0. The zero-order valence-corrected chi connectivity index (χ0v) is 8.56. The van der Waals surface area contributed by atoms with E-state index in [1.807, 2.05) is 24.3 Å². The van der Waals surface area contributed by atoms with Crippen LogP contribution >= 0.6 is 0 Å². The average molecular weight is 217 g/mol. The van der Waals surface area contributed by atoms with Gasteiger partial charge in [0.25, 0.3) is 5.56 Å². The van der Waals surface area contributed by atoms with E-state index < -0.39 is 6.10 Å². The van der Waals surface area contributed by atoms with Crippen LogP contribution in [-0.2, 0) is 6.42 Å². The van der Waals surface area contributed by atoms with Crippen LogP contribution in [0.1, 0.15) is 5.56 Å². The number of aliphatic hydroxyl groups excluding tert-OH is 1. The molecule has 2 N–H and O–H groups in total. The molecule has 0 amide bonds. The van der Waals surface area contributed by atoms with Gasteiger partial charge >= 0.3 is 0 Å². The molecule has 0 spiro atoms. The summed E-state index contributed by atoms with van der Waals surface area (Å²) in [6.45, 7) is 0.250. The van der Waals surface area contributed by atoms with Crippen molar-refractivity contribution < 1.29 is 9.84 Å². The molecule has 1 aromatic carbocycles. The van der Waals surface area contributed by atoms with Crippen LogP contribution in [-0.4, -0.2) is 22.8 Å². The van der Waals surface area contributed by atoms with Crippen LogP contribution in [0.4, 0.5) is 0 Å². The number of H-pyrrole nitrogens is 1. The van der Waals surface area contributed by atoms with E-state index in [1.165, 1.54) is 0 Å². The second kappa shape index (κ2) is 3.35. The molecule has 4 nitrogen and oxygen atoms in total. The summed E-state index contributed by atoms with van der Waals surface area (Å²) >= 11 is 0. The second-order valence-electron chi connectivity index (χ2n) is 3.98. The number of aliphatic hydroxyl groups is 1. The van der Waals surface area contributed by atoms with Gasteiger partial charge in [-0.1, -0.05) is 12.1 Å². The molecule has 82 valence electrons. The Labute approximate surface area is 91.5 Å². The summed E-state index contributed by atoms with van der Waals surface area (Å²) in [7, 11) is 0. The maximum Gasteiger partial charge on any atom is 0.255 e. The standard InChI is InChI=1S/C12H11NO3/c14-7-5-9-11(16-6-7)8-3-1-2-4-10(8)13-12(9)15/h1-4,7,14H,5-6H2,(H,13,15). The smallest absolute Gasteiger partial charge is 0.255 e. The topological polar surface area (TPSA) is 62.3 Å². The third-order valence-electron chi connectivity index (χ3n) is 2.83. The Morgan fingerprint density at radius 2 is 2.19 bits per heavy atom. The predicted molar refractivity (Wildman–Crippen MR) is 59.8 cm³/mol. The maximum atomic E-state index is 11.8. The lowest BCUT2D eigenvalue weighted by Gasteiger charge is -2.22. The zero-order chi connectivity index (χ0) is 11.1. The molecule has 1 aliphatic rings. The van der Waals surface area contributed by atoms with Crippen LogP contribution < -0.4 is 10.3 Å². The van der Waals surface area contributed by atoms with Gasteiger partial charge in [0.2, 0.25) is 0 Å². The fraction of sp³-hybridized carbons (Fsp3) is 0.250. The molecule has 0 aliphatic carbocycles. The highest BCUT2D eigenvalue weighted by molar-refractivity contribution is 5.86. The summed E-state index contributed by atoms with van der Waals surface area (Å²) in [6.07, 6.45) is -0.232. The molecule has 16 heavy (non-hydrogen) atoms. The van der Waals surface area contributed by atoms with Crippen molar-refractivity contribution in [3.63, 3.8) is 0 Å². The van der Waals surface area contributed by atoms with Crippen molar-refractivity contribution in [2.45, 2.75) is 12.5 Å². The van der Waals surface area contributed by atoms with Crippen molar-refractivity contribution in [3.8, 4) is 5.75 Å². The lowest BCUT2D eigenvalue weighted by molar-refractivity contribution is 0.0926. The van der Waals surface area contributed by atoms with Gasteiger partial charge in [0.1, 0.15) is 12.4 Å². The number of rotatable bonds is 0. The molecular formula is C12H11NO3. The number of hydrogen-bond donors (Lipinski definition) is 2. The van der Waals surface area contributed by atoms with Crippen LogP contribution in [0.2, 0.25) is 0 Å². The minimum Gasteiger partial charge on any atom is -0.490 e. The van der Waals surface area contributed by atoms with Crippen molar-refractivity contribution in [2.24, 2.45) is 0 Å². The first-order valence-corrected chi connectivity index (χ1v) is 5.20. The molecule has 2 heterocycles. The molecule has 0 fully saturated rings. The Morgan fingerprint density at radius 1 is 1.38 bits per heavy atom. The van der Waals surface area contributed by atoms with Gasteiger partial charge in [-0.2, -0.15) is 0 Å². The van der Waals surface area contributed by atoms with Crippen molar-refractivity contribution in [3.05, 3.63) is 40.2 Å². The third-order valence-corrected chi connectivity index (χ3v) is 2.83. The van der Waals surface area contributed by atoms with Gasteiger partial charge in [-0.05, 0) is 12.1 Å². The van der Waals surface area contributed by atoms with Crippen molar-refractivity contribution in [1.29, 1.82) is 0 Å². The number of hydrogen-bond acceptors (Lipinski definition) is 3. The number of ether oxygens (including phenoxy) is 1. The van der Waals surface area contributed by atoms with E-state index in [-0.39, 0.29) is 12.2 Å². The van der Waals surface area contributed by atoms with E-state index in [0.717, 1.165) is 10.9 Å². The summed E-state index contributed by atoms with van der Waals surface area (Å²) in [5.41, 5.74) is 1.13. The lowest BCUT2D eigenvalue weighted by Crippen LogP contribution is -2.30. The van der Waals surface area contributed by atoms with Gasteiger partial charge in [0.15, 0.2) is 0 Å². The highest BCUT2D eigenvalue weighted by atomic mass is 16.5. The number of para-hydroxylation sites is 1. The van der Waals surface area contributed by atoms with E-state index in [2.05, 4.69) is 4.98 Å². The van der Waals surface area contributed by atoms with E-state index in [0.29, 0.717) is 17.7 Å². The summed E-state index contributed by atoms with van der Waals surface area (Å²) in [4.78, 5) is 14.6. The highest BCUT2D eigenvalue weighted by Crippen LogP contribution is 2.29. The predicted octanol–water partition coefficient (Wildman–Crippen LogP) is 0.824. The number of fused-ring (bicyclic) bond motifs is 3. The average Bonchev–Trinajstić information content (AvgIpc) is 2.29. The number of benzene rings is 1. The van der Waals surface area contributed by atoms with E-state index in [9.17, 15) is 9.90 Å². The molecular weight excluding hydrogens is 206 g/mol. The maximum absolute atomic E-state index is 11.8. The normalized spacial score (nSPS) is 19.2. The van der Waals surface area contributed by atoms with Gasteiger partial charge in [-0.15, -0.1) is 0 Å². The number of aromatic nitrogens is 1. The molecule has 2 aromatic rings. The third kappa shape index (κ3) is 1.31. The summed E-state index contributed by atoms with van der Waals surface area (Å²) in [5.74, 6) is 0.615. The summed E-state index contributed by atoms with van der Waals surface area (Å²) < 4.78 is 5.46. The molecule has 1 aromatic heterocycles. The van der Waals surface area contributed by atoms with Gasteiger partial charge < -0.3 is 14.8 Å². The number of pyridine rings is 1. The first-order chi connectivity index (χ1) is 7.75. The number of aromatic amines is 1. The van der Waals surface area contributed by atoms with Crippen LogP contribution in [0.5, 0.6) is 5.75 Å². The molecule has 0 saturated carbocycles. The van der Waals surface area contributed by atoms with Crippen LogP contribution in [0.15, 0.2) is 29.1 Å². The monoisotopic (exact) mass is 217 g/mol. The quantitative estimate of drug-likeness (QED) is 0.686.